The monoisotopic (exact) mass is 558 g/mol. The first-order valence-corrected chi connectivity index (χ1v) is 11.9. The zero-order valence-electron chi connectivity index (χ0n) is 19.1. The van der Waals surface area contributed by atoms with Gasteiger partial charge in [-0.1, -0.05) is 53.5 Å². The summed E-state index contributed by atoms with van der Waals surface area (Å²) in [6.07, 6.45) is 1.32. The van der Waals surface area contributed by atoms with Crippen LogP contribution in [0.2, 0.25) is 10.0 Å². The summed E-state index contributed by atoms with van der Waals surface area (Å²) < 4.78 is 12.0. The van der Waals surface area contributed by atoms with Crippen molar-refractivity contribution in [3.05, 3.63) is 82.8 Å². The zero-order valence-corrected chi connectivity index (χ0v) is 22.3. The predicted octanol–water partition coefficient (Wildman–Crippen LogP) is 6.86. The molecule has 1 aliphatic rings. The number of likely N-dealkylation sites (tertiary alicyclic amines) is 1. The maximum atomic E-state index is 10.6. The van der Waals surface area contributed by atoms with Crippen molar-refractivity contribution < 1.29 is 14.6 Å². The maximum Gasteiger partial charge on any atom is 0.142 e. The van der Waals surface area contributed by atoms with Crippen LogP contribution in [-0.4, -0.2) is 48.5 Å². The van der Waals surface area contributed by atoms with Crippen molar-refractivity contribution in [2.75, 3.05) is 31.6 Å². The van der Waals surface area contributed by atoms with Crippen molar-refractivity contribution in [2.45, 2.75) is 25.0 Å². The van der Waals surface area contributed by atoms with Crippen molar-refractivity contribution in [2.24, 2.45) is 0 Å². The van der Waals surface area contributed by atoms with Gasteiger partial charge in [0.25, 0.3) is 0 Å². The fourth-order valence-electron chi connectivity index (χ4n) is 3.86. The van der Waals surface area contributed by atoms with E-state index in [9.17, 15) is 5.11 Å². The summed E-state index contributed by atoms with van der Waals surface area (Å²) in [5.41, 5.74) is 1.86. The standard InChI is InChI=1S/C26H28Cl2N2O3.2ClH/c27-23-11-10-22(16-24(23)28)33-21-12-14-30(15-13-21)17-20(31)18-32-26-9-5-4-8-25(26)29-19-6-2-1-3-7-19;;/h1-11,16,20-21,29,31H,12-15,17-18H2;2*1H. The lowest BCUT2D eigenvalue weighted by molar-refractivity contribution is 0.0403. The second-order valence-corrected chi connectivity index (χ2v) is 8.96. The van der Waals surface area contributed by atoms with Crippen molar-refractivity contribution in [1.29, 1.82) is 0 Å². The zero-order chi connectivity index (χ0) is 23.0. The van der Waals surface area contributed by atoms with Gasteiger partial charge < -0.3 is 24.8 Å². The van der Waals surface area contributed by atoms with Crippen molar-refractivity contribution in [3.63, 3.8) is 0 Å². The molecule has 4 rings (SSSR count). The van der Waals surface area contributed by atoms with Gasteiger partial charge in [0, 0.05) is 31.4 Å². The Balaban J connectivity index is 0.00000216. The van der Waals surface area contributed by atoms with Gasteiger partial charge in [-0.2, -0.15) is 0 Å². The van der Waals surface area contributed by atoms with E-state index < -0.39 is 6.10 Å². The summed E-state index contributed by atoms with van der Waals surface area (Å²) in [6, 6.07) is 23.0. The third-order valence-electron chi connectivity index (χ3n) is 5.57. The number of piperidine rings is 1. The summed E-state index contributed by atoms with van der Waals surface area (Å²) in [5, 5.41) is 14.9. The molecule has 0 radical (unpaired) electrons. The quantitative estimate of drug-likeness (QED) is 0.300. The van der Waals surface area contributed by atoms with Gasteiger partial charge in [0.15, 0.2) is 0 Å². The van der Waals surface area contributed by atoms with E-state index in [1.54, 1.807) is 12.1 Å². The van der Waals surface area contributed by atoms with Crippen LogP contribution in [-0.2, 0) is 0 Å². The molecule has 0 aliphatic carbocycles. The van der Waals surface area contributed by atoms with Crippen LogP contribution in [0.5, 0.6) is 11.5 Å². The first kappa shape index (κ1) is 29.4. The summed E-state index contributed by atoms with van der Waals surface area (Å²) >= 11 is 12.0. The first-order chi connectivity index (χ1) is 16.1. The molecule has 0 bridgehead atoms. The molecule has 35 heavy (non-hydrogen) atoms. The highest BCUT2D eigenvalue weighted by Crippen LogP contribution is 2.29. The molecule has 2 N–H and O–H groups in total. The van der Waals surface area contributed by atoms with Gasteiger partial charge in [0.05, 0.1) is 15.7 Å². The van der Waals surface area contributed by atoms with Gasteiger partial charge in [-0.25, -0.2) is 0 Å². The predicted molar refractivity (Wildman–Crippen MR) is 149 cm³/mol. The van der Waals surface area contributed by atoms with E-state index in [0.717, 1.165) is 43.1 Å². The Morgan fingerprint density at radius 1 is 0.914 bits per heavy atom. The number of nitrogens with zero attached hydrogens (tertiary/aromatic N) is 1. The average Bonchev–Trinajstić information content (AvgIpc) is 2.83. The van der Waals surface area contributed by atoms with E-state index in [1.165, 1.54) is 0 Å². The summed E-state index contributed by atoms with van der Waals surface area (Å²) in [4.78, 5) is 2.25. The van der Waals surface area contributed by atoms with Gasteiger partial charge in [-0.15, -0.1) is 24.8 Å². The minimum atomic E-state index is -0.581. The van der Waals surface area contributed by atoms with Crippen LogP contribution in [0.4, 0.5) is 11.4 Å². The Hall–Kier alpha value is -1.86. The number of anilines is 2. The number of halogens is 4. The number of β-amino-alcohol motifs (C(OH)–C–C–N with tert-alkyl or cyclic N) is 1. The summed E-state index contributed by atoms with van der Waals surface area (Å²) in [6.45, 7) is 2.51. The molecule has 1 saturated heterocycles. The molecule has 0 saturated carbocycles. The van der Waals surface area contributed by atoms with E-state index in [4.69, 9.17) is 32.7 Å². The number of ether oxygens (including phenoxy) is 2. The number of aliphatic hydroxyl groups is 1. The lowest BCUT2D eigenvalue weighted by atomic mass is 10.1. The molecule has 190 valence electrons. The van der Waals surface area contributed by atoms with Crippen LogP contribution in [0, 0.1) is 0 Å². The second-order valence-electron chi connectivity index (χ2n) is 8.15. The number of hydrogen-bond donors (Lipinski definition) is 2. The van der Waals surface area contributed by atoms with E-state index in [1.807, 2.05) is 60.7 Å². The van der Waals surface area contributed by atoms with Gasteiger partial charge in [-0.05, 0) is 49.2 Å². The molecule has 3 aromatic carbocycles. The van der Waals surface area contributed by atoms with Gasteiger partial charge in [-0.3, -0.25) is 0 Å². The smallest absolute Gasteiger partial charge is 0.142 e. The van der Waals surface area contributed by atoms with Crippen LogP contribution < -0.4 is 14.8 Å². The fraction of sp³-hybridized carbons (Fsp3) is 0.308. The topological polar surface area (TPSA) is 54.0 Å². The van der Waals surface area contributed by atoms with Crippen LogP contribution in [0.25, 0.3) is 0 Å². The van der Waals surface area contributed by atoms with Crippen molar-refractivity contribution in [3.8, 4) is 11.5 Å². The molecule has 9 heteroatoms. The Kier molecular flexibility index (Phi) is 12.3. The van der Waals surface area contributed by atoms with Crippen LogP contribution in [0.3, 0.4) is 0 Å². The first-order valence-electron chi connectivity index (χ1n) is 11.1. The van der Waals surface area contributed by atoms with Crippen molar-refractivity contribution in [1.82, 2.24) is 4.90 Å². The van der Waals surface area contributed by atoms with Crippen LogP contribution in [0.1, 0.15) is 12.8 Å². The van der Waals surface area contributed by atoms with Crippen LogP contribution in [0.15, 0.2) is 72.8 Å². The lowest BCUT2D eigenvalue weighted by Crippen LogP contribution is -2.43. The number of aliphatic hydroxyl groups excluding tert-OH is 1. The molecule has 1 atom stereocenters. The Labute approximate surface area is 229 Å². The highest BCUT2D eigenvalue weighted by Gasteiger charge is 2.23. The number of rotatable bonds is 9. The lowest BCUT2D eigenvalue weighted by Gasteiger charge is -2.33. The molecule has 3 aromatic rings. The third-order valence-corrected chi connectivity index (χ3v) is 6.31. The average molecular weight is 560 g/mol. The number of benzene rings is 3. The molecular formula is C26H30Cl4N2O3. The van der Waals surface area contributed by atoms with E-state index in [-0.39, 0.29) is 37.5 Å². The number of hydrogen-bond acceptors (Lipinski definition) is 5. The molecule has 1 unspecified atom stereocenters. The van der Waals surface area contributed by atoms with Crippen LogP contribution >= 0.6 is 48.0 Å². The second kappa shape index (κ2) is 14.6. The van der Waals surface area contributed by atoms with Crippen molar-refractivity contribution >= 4 is 59.4 Å². The van der Waals surface area contributed by atoms with E-state index >= 15 is 0 Å². The SMILES string of the molecule is Cl.Cl.OC(COc1ccccc1Nc1ccccc1)CN1CCC(Oc2ccc(Cl)c(Cl)c2)CC1. The molecule has 0 spiro atoms. The largest absolute Gasteiger partial charge is 0.490 e. The molecule has 0 amide bonds. The minimum absolute atomic E-state index is 0. The molecular weight excluding hydrogens is 530 g/mol. The number of para-hydroxylation sites is 3. The van der Waals surface area contributed by atoms with E-state index in [0.29, 0.717) is 22.3 Å². The third kappa shape index (κ3) is 8.94. The number of nitrogens with one attached hydrogen (secondary N) is 1. The molecule has 1 fully saturated rings. The van der Waals surface area contributed by atoms with E-state index in [2.05, 4.69) is 10.2 Å². The Morgan fingerprint density at radius 2 is 1.60 bits per heavy atom. The Morgan fingerprint density at radius 3 is 2.31 bits per heavy atom. The molecule has 1 aliphatic heterocycles. The van der Waals surface area contributed by atoms with Gasteiger partial charge >= 0.3 is 0 Å². The van der Waals surface area contributed by atoms with Gasteiger partial charge in [0.2, 0.25) is 0 Å². The normalized spacial score (nSPS) is 14.8. The molecule has 5 nitrogen and oxygen atoms in total. The minimum Gasteiger partial charge on any atom is -0.490 e. The molecule has 1 heterocycles. The highest BCUT2D eigenvalue weighted by atomic mass is 35.5. The highest BCUT2D eigenvalue weighted by molar-refractivity contribution is 6.42. The Bertz CT molecular complexity index is 1030. The summed E-state index contributed by atoms with van der Waals surface area (Å²) in [5.74, 6) is 1.45. The maximum absolute atomic E-state index is 10.6. The molecule has 0 aromatic heterocycles. The fourth-order valence-corrected chi connectivity index (χ4v) is 4.15. The summed E-state index contributed by atoms with van der Waals surface area (Å²) in [7, 11) is 0. The van der Waals surface area contributed by atoms with Gasteiger partial charge in [0.1, 0.15) is 30.3 Å².